The molecule has 0 aromatic heterocycles. The normalized spacial score (nSPS) is 21.8. The first kappa shape index (κ1) is 20.4. The van der Waals surface area contributed by atoms with E-state index in [1.54, 1.807) is 27.1 Å². The van der Waals surface area contributed by atoms with Crippen molar-refractivity contribution in [3.63, 3.8) is 0 Å². The van der Waals surface area contributed by atoms with Gasteiger partial charge < -0.3 is 0 Å². The van der Waals surface area contributed by atoms with E-state index in [2.05, 4.69) is 107 Å². The van der Waals surface area contributed by atoms with E-state index in [0.717, 1.165) is 0 Å². The molecule has 0 fully saturated rings. The lowest BCUT2D eigenvalue weighted by Gasteiger charge is -2.41. The van der Waals surface area contributed by atoms with Crippen LogP contribution in [-0.4, -0.2) is 5.66 Å². The zero-order valence-electron chi connectivity index (χ0n) is 18.6. The molecule has 2 aliphatic rings. The van der Waals surface area contributed by atoms with Crippen molar-refractivity contribution < 1.29 is 0 Å². The van der Waals surface area contributed by atoms with E-state index in [1.807, 2.05) is 0 Å². The fourth-order valence-corrected chi connectivity index (χ4v) is 11.8. The molecule has 1 atom stereocenters. The molecule has 0 nitrogen and oxygen atoms in total. The summed E-state index contributed by atoms with van der Waals surface area (Å²) in [5.74, 6) is 0. The predicted octanol–water partition coefficient (Wildman–Crippen LogP) is 7.41. The fraction of sp³-hybridized carbons (Fsp3) is 0.357. The van der Waals surface area contributed by atoms with Gasteiger partial charge in [-0.15, -0.1) is 0 Å². The number of benzene rings is 2. The second-order valence-corrected chi connectivity index (χ2v) is 12.8. The maximum atomic E-state index is 2.47. The highest BCUT2D eigenvalue weighted by molar-refractivity contribution is 7.93. The molecule has 150 valence electrons. The zero-order chi connectivity index (χ0) is 20.6. The van der Waals surface area contributed by atoms with Gasteiger partial charge in [0.2, 0.25) is 0 Å². The van der Waals surface area contributed by atoms with Crippen LogP contribution in [0.4, 0.5) is 0 Å². The molecule has 1 unspecified atom stereocenters. The van der Waals surface area contributed by atoms with Gasteiger partial charge in [-0.25, -0.2) is 0 Å². The van der Waals surface area contributed by atoms with Crippen molar-refractivity contribution in [3.05, 3.63) is 94.8 Å². The van der Waals surface area contributed by atoms with E-state index in [1.165, 1.54) is 24.8 Å². The lowest BCUT2D eigenvalue weighted by Crippen LogP contribution is -2.37. The largest absolute Gasteiger partial charge is 0.112 e. The highest BCUT2D eigenvalue weighted by Gasteiger charge is 2.60. The summed E-state index contributed by atoms with van der Waals surface area (Å²) in [6.07, 6.45) is 8.49. The van der Waals surface area contributed by atoms with Crippen molar-refractivity contribution >= 4 is 17.9 Å². The SMILES string of the molecule is CC1=C(C)C(C)(C)C([P+](c2ccccc2)(c2ccccc2)C2CC=CCC2)=C1C. The fourth-order valence-electron chi connectivity index (χ4n) is 5.75. The van der Waals surface area contributed by atoms with Crippen molar-refractivity contribution in [3.8, 4) is 0 Å². The Morgan fingerprint density at radius 1 is 0.759 bits per heavy atom. The summed E-state index contributed by atoms with van der Waals surface area (Å²) >= 11 is 0. The lowest BCUT2D eigenvalue weighted by molar-refractivity contribution is 0.571. The Labute approximate surface area is 177 Å². The Kier molecular flexibility index (Phi) is 5.43. The third kappa shape index (κ3) is 3.08. The topological polar surface area (TPSA) is 0 Å². The molecular weight excluding hydrogens is 367 g/mol. The standard InChI is InChI=1S/C28H34P/c1-21-22(2)27(28(4,5)23(21)3)29(24-15-9-6-10-16-24,25-17-11-7-12-18-25)26-19-13-8-14-20-26/h6-13,15-18,26H,14,19-20H2,1-5H3/q+1. The van der Waals surface area contributed by atoms with Crippen molar-refractivity contribution in [1.29, 1.82) is 0 Å². The molecule has 4 rings (SSSR count). The summed E-state index contributed by atoms with van der Waals surface area (Å²) in [6.45, 7) is 12.0. The summed E-state index contributed by atoms with van der Waals surface area (Å²) in [5.41, 5.74) is 5.36. The monoisotopic (exact) mass is 401 g/mol. The van der Waals surface area contributed by atoms with Crippen molar-refractivity contribution in [2.24, 2.45) is 5.41 Å². The van der Waals surface area contributed by atoms with Crippen LogP contribution in [0.5, 0.6) is 0 Å². The molecular formula is C28H34P+. The van der Waals surface area contributed by atoms with E-state index in [4.69, 9.17) is 0 Å². The van der Waals surface area contributed by atoms with Crippen molar-refractivity contribution in [2.45, 2.75) is 59.5 Å². The zero-order valence-corrected chi connectivity index (χ0v) is 19.5. The number of rotatable bonds is 4. The van der Waals surface area contributed by atoms with Crippen LogP contribution in [0.15, 0.2) is 94.8 Å². The number of allylic oxidation sites excluding steroid dienone is 6. The molecule has 0 bridgehead atoms. The third-order valence-electron chi connectivity index (χ3n) is 7.48. The maximum absolute atomic E-state index is 2.47. The van der Waals surface area contributed by atoms with E-state index in [9.17, 15) is 0 Å². The van der Waals surface area contributed by atoms with E-state index in [0.29, 0.717) is 5.66 Å². The van der Waals surface area contributed by atoms with Gasteiger partial charge in [-0.05, 0) is 82.9 Å². The first-order valence-corrected chi connectivity index (χ1v) is 12.8. The van der Waals surface area contributed by atoms with Crippen LogP contribution in [0.3, 0.4) is 0 Å². The summed E-state index contributed by atoms with van der Waals surface area (Å²) in [6, 6.07) is 23.0. The van der Waals surface area contributed by atoms with Crippen LogP contribution in [0.2, 0.25) is 0 Å². The number of hydrogen-bond acceptors (Lipinski definition) is 0. The van der Waals surface area contributed by atoms with E-state index >= 15 is 0 Å². The van der Waals surface area contributed by atoms with Gasteiger partial charge in [0.25, 0.3) is 0 Å². The third-order valence-corrected chi connectivity index (χ3v) is 12.9. The Bertz CT molecular complexity index is 934. The van der Waals surface area contributed by atoms with Gasteiger partial charge >= 0.3 is 0 Å². The molecule has 29 heavy (non-hydrogen) atoms. The molecule has 2 aromatic rings. The minimum atomic E-state index is -1.79. The molecule has 0 saturated heterocycles. The van der Waals surface area contributed by atoms with Gasteiger partial charge in [-0.1, -0.05) is 54.1 Å². The second kappa shape index (κ2) is 7.73. The molecule has 0 aliphatic heterocycles. The van der Waals surface area contributed by atoms with Crippen LogP contribution >= 0.6 is 7.26 Å². The highest BCUT2D eigenvalue weighted by Crippen LogP contribution is 2.76. The van der Waals surface area contributed by atoms with E-state index < -0.39 is 7.26 Å². The van der Waals surface area contributed by atoms with Crippen molar-refractivity contribution in [2.75, 3.05) is 0 Å². The summed E-state index contributed by atoms with van der Waals surface area (Å²) in [4.78, 5) is 0. The Balaban J connectivity index is 2.11. The Morgan fingerprint density at radius 2 is 1.31 bits per heavy atom. The molecule has 0 radical (unpaired) electrons. The van der Waals surface area contributed by atoms with Crippen LogP contribution in [0.1, 0.15) is 53.9 Å². The molecule has 0 N–H and O–H groups in total. The second-order valence-electron chi connectivity index (χ2n) is 9.18. The molecule has 2 aromatic carbocycles. The van der Waals surface area contributed by atoms with Crippen molar-refractivity contribution in [1.82, 2.24) is 0 Å². The number of hydrogen-bond donors (Lipinski definition) is 0. The first-order valence-electron chi connectivity index (χ1n) is 11.0. The maximum Gasteiger partial charge on any atom is 0.112 e. The minimum Gasteiger partial charge on any atom is -0.0882 e. The van der Waals surface area contributed by atoms with Gasteiger partial charge in [-0.2, -0.15) is 0 Å². The minimum absolute atomic E-state index is 0.0921. The first-order chi connectivity index (χ1) is 13.9. The van der Waals surface area contributed by atoms with Gasteiger partial charge in [0, 0.05) is 11.8 Å². The lowest BCUT2D eigenvalue weighted by atomic mass is 9.87. The van der Waals surface area contributed by atoms with Gasteiger partial charge in [0.1, 0.15) is 17.9 Å². The summed E-state index contributed by atoms with van der Waals surface area (Å²) in [7, 11) is -1.79. The Hall–Kier alpha value is -1.91. The summed E-state index contributed by atoms with van der Waals surface area (Å²) < 4.78 is 0. The van der Waals surface area contributed by atoms with Crippen LogP contribution in [0, 0.1) is 5.41 Å². The quantitative estimate of drug-likeness (QED) is 0.369. The Morgan fingerprint density at radius 3 is 1.72 bits per heavy atom. The van der Waals surface area contributed by atoms with Crippen LogP contribution in [-0.2, 0) is 0 Å². The summed E-state index contributed by atoms with van der Waals surface area (Å²) in [5, 5.41) is 4.82. The average molecular weight is 402 g/mol. The van der Waals surface area contributed by atoms with Gasteiger partial charge in [-0.3, -0.25) is 0 Å². The van der Waals surface area contributed by atoms with Crippen LogP contribution in [0.25, 0.3) is 0 Å². The molecule has 0 saturated carbocycles. The molecule has 0 heterocycles. The molecule has 2 aliphatic carbocycles. The molecule has 0 amide bonds. The molecule has 0 spiro atoms. The smallest absolute Gasteiger partial charge is 0.0882 e. The van der Waals surface area contributed by atoms with Crippen LogP contribution < -0.4 is 10.6 Å². The van der Waals surface area contributed by atoms with E-state index in [-0.39, 0.29) is 5.41 Å². The highest BCUT2D eigenvalue weighted by atomic mass is 31.2. The van der Waals surface area contributed by atoms with Gasteiger partial charge in [0.15, 0.2) is 0 Å². The predicted molar refractivity (Wildman–Crippen MR) is 131 cm³/mol. The van der Waals surface area contributed by atoms with Gasteiger partial charge in [0.05, 0.1) is 11.0 Å². The average Bonchev–Trinajstić information content (AvgIpc) is 2.91. The molecule has 1 heteroatoms.